The first-order valence-corrected chi connectivity index (χ1v) is 21.1. The zero-order valence-electron chi connectivity index (χ0n) is 33.2. The molecule has 12 aromatic carbocycles. The quantitative estimate of drug-likeness (QED) is 0.128. The summed E-state index contributed by atoms with van der Waals surface area (Å²) in [6.45, 7) is 0. The second kappa shape index (κ2) is 13.3. The van der Waals surface area contributed by atoms with Crippen molar-refractivity contribution in [1.29, 1.82) is 0 Å². The highest BCUT2D eigenvalue weighted by Gasteiger charge is 2.21. The van der Waals surface area contributed by atoms with E-state index in [0.717, 1.165) is 22.1 Å². The molecule has 0 atom stereocenters. The molecule has 0 radical (unpaired) electrons. The number of furan rings is 1. The topological polar surface area (TPSA) is 13.1 Å². The summed E-state index contributed by atoms with van der Waals surface area (Å²) in [5, 5.41) is 17.0. The minimum Gasteiger partial charge on any atom is -0.455 e. The molecule has 61 heavy (non-hydrogen) atoms. The Kier molecular flexibility index (Phi) is 7.37. The van der Waals surface area contributed by atoms with Crippen LogP contribution in [0.2, 0.25) is 0 Å². The van der Waals surface area contributed by atoms with Crippen molar-refractivity contribution in [3.63, 3.8) is 0 Å². The molecule has 1 heteroatoms. The highest BCUT2D eigenvalue weighted by Crippen LogP contribution is 2.48. The van der Waals surface area contributed by atoms with E-state index in [-0.39, 0.29) is 0 Å². The molecule has 0 unspecified atom stereocenters. The van der Waals surface area contributed by atoms with Gasteiger partial charge in [0, 0.05) is 16.2 Å². The number of rotatable bonds is 4. The predicted octanol–water partition coefficient (Wildman–Crippen LogP) is 17.2. The molecule has 1 aromatic heterocycles. The summed E-state index contributed by atoms with van der Waals surface area (Å²) in [5.41, 5.74) is 11.6. The molecule has 0 saturated heterocycles. The minimum absolute atomic E-state index is 0.917. The van der Waals surface area contributed by atoms with E-state index in [0.29, 0.717) is 0 Å². The first-order valence-electron chi connectivity index (χ1n) is 21.1. The molecular weight excluding hydrogens is 737 g/mol. The molecule has 282 valence electrons. The van der Waals surface area contributed by atoms with Crippen LogP contribution in [0.25, 0.3) is 131 Å². The molecule has 0 aliphatic carbocycles. The Morgan fingerprint density at radius 3 is 1.56 bits per heavy atom. The fraction of sp³-hybridized carbons (Fsp3) is 0. The molecule has 0 saturated carbocycles. The number of benzene rings is 12. The van der Waals surface area contributed by atoms with Crippen molar-refractivity contribution in [2.45, 2.75) is 0 Å². The van der Waals surface area contributed by atoms with Crippen LogP contribution in [0.3, 0.4) is 0 Å². The fourth-order valence-corrected chi connectivity index (χ4v) is 10.3. The lowest BCUT2D eigenvalue weighted by Crippen LogP contribution is -1.93. The maximum atomic E-state index is 6.87. The van der Waals surface area contributed by atoms with Gasteiger partial charge in [-0.1, -0.05) is 188 Å². The van der Waals surface area contributed by atoms with Crippen LogP contribution in [0.1, 0.15) is 0 Å². The van der Waals surface area contributed by atoms with Gasteiger partial charge in [-0.15, -0.1) is 0 Å². The zero-order valence-corrected chi connectivity index (χ0v) is 33.2. The summed E-state index contributed by atoms with van der Waals surface area (Å²) in [6.07, 6.45) is 0. The van der Waals surface area contributed by atoms with Crippen molar-refractivity contribution in [2.75, 3.05) is 0 Å². The van der Waals surface area contributed by atoms with Crippen molar-refractivity contribution in [3.05, 3.63) is 218 Å². The molecule has 0 aliphatic rings. The van der Waals surface area contributed by atoms with E-state index in [1.165, 1.54) is 109 Å². The molecule has 13 rings (SSSR count). The lowest BCUT2D eigenvalue weighted by molar-refractivity contribution is 0.673. The third-order valence-corrected chi connectivity index (χ3v) is 13.0. The van der Waals surface area contributed by atoms with Gasteiger partial charge in [-0.05, 0) is 134 Å². The van der Waals surface area contributed by atoms with E-state index in [2.05, 4.69) is 218 Å². The first-order chi connectivity index (χ1) is 30.3. The van der Waals surface area contributed by atoms with Crippen molar-refractivity contribution in [2.24, 2.45) is 0 Å². The van der Waals surface area contributed by atoms with E-state index >= 15 is 0 Å². The SMILES string of the molecule is c1ccc(-c2cc(-c3c4ccccc4c(-c4cccc(-c5ccc6c7ccccc7c7c(oc8ccc9ccccc9c87)c6c5)c4)c4ccccc34)c3ccccc3c2)cc1. The molecule has 1 nitrogen and oxygen atoms in total. The van der Waals surface area contributed by atoms with Gasteiger partial charge in [0.15, 0.2) is 0 Å². The molecule has 0 spiro atoms. The Labute approximate surface area is 352 Å². The third kappa shape index (κ3) is 5.14. The zero-order chi connectivity index (χ0) is 40.0. The molecule has 13 aromatic rings. The van der Waals surface area contributed by atoms with Gasteiger partial charge < -0.3 is 4.42 Å². The summed E-state index contributed by atoms with van der Waals surface area (Å²) >= 11 is 0. The van der Waals surface area contributed by atoms with Gasteiger partial charge in [0.1, 0.15) is 11.2 Å². The maximum Gasteiger partial charge on any atom is 0.143 e. The van der Waals surface area contributed by atoms with E-state index in [4.69, 9.17) is 4.42 Å². The van der Waals surface area contributed by atoms with Crippen molar-refractivity contribution in [1.82, 2.24) is 0 Å². The van der Waals surface area contributed by atoms with E-state index in [1.807, 2.05) is 0 Å². The Balaban J connectivity index is 1.04. The normalized spacial score (nSPS) is 11.9. The first kappa shape index (κ1) is 33.9. The van der Waals surface area contributed by atoms with Gasteiger partial charge in [0.25, 0.3) is 0 Å². The Bertz CT molecular complexity index is 3870. The van der Waals surface area contributed by atoms with Crippen LogP contribution in [0.4, 0.5) is 0 Å². The average molecular weight is 773 g/mol. The average Bonchev–Trinajstić information content (AvgIpc) is 3.74. The predicted molar refractivity (Wildman–Crippen MR) is 260 cm³/mol. The second-order valence-electron chi connectivity index (χ2n) is 16.3. The minimum atomic E-state index is 0.917. The maximum absolute atomic E-state index is 6.87. The summed E-state index contributed by atoms with van der Waals surface area (Å²) < 4.78 is 6.87. The van der Waals surface area contributed by atoms with Gasteiger partial charge in [-0.25, -0.2) is 0 Å². The standard InChI is InChI=1S/C60H36O/c1-2-15-37(16-3-1)43-34-41-18-5-6-21-44(41)53(36-43)57-51-27-12-10-25-49(51)56(50-26-11-13-28-52(50)57)42-20-14-19-39(33-42)40-29-31-47-46-23-8-9-24-48(46)59-58-45-22-7-4-17-38(45)30-32-55(58)61-60(59)54(47)35-40/h1-36H. The smallest absolute Gasteiger partial charge is 0.143 e. The summed E-state index contributed by atoms with van der Waals surface area (Å²) in [5.74, 6) is 0. The van der Waals surface area contributed by atoms with E-state index in [9.17, 15) is 0 Å². The number of fused-ring (bicyclic) bond motifs is 13. The molecule has 0 aliphatic heterocycles. The summed E-state index contributed by atoms with van der Waals surface area (Å²) in [6, 6.07) is 80.0. The Hall–Kier alpha value is -8.00. The van der Waals surface area contributed by atoms with Crippen LogP contribution in [0.5, 0.6) is 0 Å². The molecule has 0 bridgehead atoms. The summed E-state index contributed by atoms with van der Waals surface area (Å²) in [7, 11) is 0. The molecule has 1 heterocycles. The number of hydrogen-bond donors (Lipinski definition) is 0. The van der Waals surface area contributed by atoms with Gasteiger partial charge in [0.2, 0.25) is 0 Å². The van der Waals surface area contributed by atoms with Crippen LogP contribution in [-0.2, 0) is 0 Å². The van der Waals surface area contributed by atoms with Crippen LogP contribution >= 0.6 is 0 Å². The van der Waals surface area contributed by atoms with Crippen molar-refractivity contribution >= 4 is 86.6 Å². The van der Waals surface area contributed by atoms with Gasteiger partial charge in [-0.2, -0.15) is 0 Å². The highest BCUT2D eigenvalue weighted by molar-refractivity contribution is 6.34. The van der Waals surface area contributed by atoms with Crippen LogP contribution in [-0.4, -0.2) is 0 Å². The van der Waals surface area contributed by atoms with Gasteiger partial charge >= 0.3 is 0 Å². The molecule has 0 N–H and O–H groups in total. The monoisotopic (exact) mass is 772 g/mol. The third-order valence-electron chi connectivity index (χ3n) is 13.0. The molecule has 0 fully saturated rings. The highest BCUT2D eigenvalue weighted by atomic mass is 16.3. The van der Waals surface area contributed by atoms with Gasteiger partial charge in [0.05, 0.1) is 0 Å². The Morgan fingerprint density at radius 1 is 0.246 bits per heavy atom. The lowest BCUT2D eigenvalue weighted by atomic mass is 9.83. The summed E-state index contributed by atoms with van der Waals surface area (Å²) in [4.78, 5) is 0. The van der Waals surface area contributed by atoms with Crippen LogP contribution < -0.4 is 0 Å². The van der Waals surface area contributed by atoms with Gasteiger partial charge in [-0.3, -0.25) is 0 Å². The van der Waals surface area contributed by atoms with Crippen molar-refractivity contribution in [3.8, 4) is 44.5 Å². The van der Waals surface area contributed by atoms with Crippen LogP contribution in [0.15, 0.2) is 223 Å². The Morgan fingerprint density at radius 2 is 0.803 bits per heavy atom. The fourth-order valence-electron chi connectivity index (χ4n) is 10.3. The second-order valence-corrected chi connectivity index (χ2v) is 16.3. The largest absolute Gasteiger partial charge is 0.455 e. The van der Waals surface area contributed by atoms with Crippen LogP contribution in [0, 0.1) is 0 Å². The van der Waals surface area contributed by atoms with E-state index in [1.54, 1.807) is 0 Å². The lowest BCUT2D eigenvalue weighted by Gasteiger charge is -2.20. The van der Waals surface area contributed by atoms with Crippen molar-refractivity contribution < 1.29 is 4.42 Å². The molecular formula is C60H36O. The van der Waals surface area contributed by atoms with E-state index < -0.39 is 0 Å². The number of hydrogen-bond acceptors (Lipinski definition) is 1. The molecule has 0 amide bonds.